The molecule has 21 heavy (non-hydrogen) atoms. The van der Waals surface area contributed by atoms with Crippen LogP contribution in [0.5, 0.6) is 0 Å². The molecule has 2 N–H and O–H groups in total. The Labute approximate surface area is 127 Å². The number of aryl methyl sites for hydroxylation is 1. The number of thiophene rings is 1. The van der Waals surface area contributed by atoms with Gasteiger partial charge in [-0.3, -0.25) is 9.59 Å². The second-order valence-electron chi connectivity index (χ2n) is 5.25. The Balaban J connectivity index is 1.64. The number of carbonyl (C=O) groups excluding carboxylic acids is 2. The highest BCUT2D eigenvalue weighted by Gasteiger charge is 2.29. The van der Waals surface area contributed by atoms with Crippen molar-refractivity contribution in [1.82, 2.24) is 0 Å². The predicted molar refractivity (Wildman–Crippen MR) is 84.8 cm³/mol. The molecule has 2 aromatic rings. The molecule has 1 aromatic heterocycles. The molecule has 1 aliphatic rings. The zero-order valence-electron chi connectivity index (χ0n) is 11.7. The molecule has 3 rings (SSSR count). The lowest BCUT2D eigenvalue weighted by Gasteiger charge is -2.04. The highest BCUT2D eigenvalue weighted by Crippen LogP contribution is 2.31. The van der Waals surface area contributed by atoms with Crippen molar-refractivity contribution >= 4 is 33.8 Å². The Morgan fingerprint density at radius 2 is 1.95 bits per heavy atom. The molecule has 1 aliphatic carbocycles. The monoisotopic (exact) mass is 300 g/mol. The summed E-state index contributed by atoms with van der Waals surface area (Å²) in [5, 5.41) is 6.43. The van der Waals surface area contributed by atoms with Crippen LogP contribution in [0.4, 0.5) is 10.7 Å². The third-order valence-corrected chi connectivity index (χ3v) is 4.30. The minimum Gasteiger partial charge on any atom is -0.321 e. The van der Waals surface area contributed by atoms with Crippen LogP contribution in [-0.4, -0.2) is 11.8 Å². The first kappa shape index (κ1) is 13.8. The second kappa shape index (κ2) is 5.69. The van der Waals surface area contributed by atoms with Crippen LogP contribution in [-0.2, 0) is 4.79 Å². The summed E-state index contributed by atoms with van der Waals surface area (Å²) in [6.45, 7) is 1.98. The van der Waals surface area contributed by atoms with E-state index in [4.69, 9.17) is 0 Å². The van der Waals surface area contributed by atoms with Crippen LogP contribution in [0.15, 0.2) is 36.4 Å². The van der Waals surface area contributed by atoms with Gasteiger partial charge in [0.1, 0.15) is 0 Å². The third kappa shape index (κ3) is 3.49. The summed E-state index contributed by atoms with van der Waals surface area (Å²) in [5.41, 5.74) is 1.87. The SMILES string of the molecule is Cc1cccc(NC(=O)c2ccc(NC(=O)C3CC3)s2)c1. The topological polar surface area (TPSA) is 58.2 Å². The molecule has 0 unspecified atom stereocenters. The van der Waals surface area contributed by atoms with Gasteiger partial charge in [0.05, 0.1) is 9.88 Å². The smallest absolute Gasteiger partial charge is 0.265 e. The second-order valence-corrected chi connectivity index (χ2v) is 6.33. The van der Waals surface area contributed by atoms with Crippen LogP contribution in [0.2, 0.25) is 0 Å². The number of amides is 2. The van der Waals surface area contributed by atoms with E-state index in [1.165, 1.54) is 11.3 Å². The fraction of sp³-hybridized carbons (Fsp3) is 0.250. The van der Waals surface area contributed by atoms with Gasteiger partial charge in [-0.1, -0.05) is 12.1 Å². The van der Waals surface area contributed by atoms with E-state index in [2.05, 4.69) is 10.6 Å². The number of carbonyl (C=O) groups is 2. The Hall–Kier alpha value is -2.14. The lowest BCUT2D eigenvalue weighted by atomic mass is 10.2. The van der Waals surface area contributed by atoms with Gasteiger partial charge in [0.2, 0.25) is 5.91 Å². The number of anilines is 2. The first-order chi connectivity index (χ1) is 10.1. The van der Waals surface area contributed by atoms with Gasteiger partial charge < -0.3 is 10.6 Å². The van der Waals surface area contributed by atoms with E-state index in [-0.39, 0.29) is 17.7 Å². The van der Waals surface area contributed by atoms with Gasteiger partial charge in [-0.2, -0.15) is 0 Å². The van der Waals surface area contributed by atoms with Crippen molar-refractivity contribution in [3.8, 4) is 0 Å². The summed E-state index contributed by atoms with van der Waals surface area (Å²) < 4.78 is 0. The third-order valence-electron chi connectivity index (χ3n) is 3.30. The normalized spacial score (nSPS) is 13.8. The average Bonchev–Trinajstić information content (AvgIpc) is 3.19. The van der Waals surface area contributed by atoms with E-state index in [9.17, 15) is 9.59 Å². The number of hydrogen-bond donors (Lipinski definition) is 2. The number of nitrogens with one attached hydrogen (secondary N) is 2. The molecule has 4 nitrogen and oxygen atoms in total. The molecular formula is C16H16N2O2S. The quantitative estimate of drug-likeness (QED) is 0.905. The van der Waals surface area contributed by atoms with Gasteiger partial charge in [-0.15, -0.1) is 11.3 Å². The first-order valence-electron chi connectivity index (χ1n) is 6.90. The Morgan fingerprint density at radius 3 is 2.67 bits per heavy atom. The summed E-state index contributed by atoms with van der Waals surface area (Å²) in [6.07, 6.45) is 1.94. The van der Waals surface area contributed by atoms with Crippen molar-refractivity contribution in [2.24, 2.45) is 5.92 Å². The lowest BCUT2D eigenvalue weighted by Crippen LogP contribution is -2.12. The van der Waals surface area contributed by atoms with Crippen LogP contribution in [0.25, 0.3) is 0 Å². The molecule has 0 spiro atoms. The summed E-state index contributed by atoms with van der Waals surface area (Å²) in [6, 6.07) is 11.2. The van der Waals surface area contributed by atoms with E-state index < -0.39 is 0 Å². The molecule has 1 fully saturated rings. The van der Waals surface area contributed by atoms with E-state index in [0.29, 0.717) is 4.88 Å². The molecule has 0 saturated heterocycles. The van der Waals surface area contributed by atoms with Crippen LogP contribution in [0, 0.1) is 12.8 Å². The molecule has 5 heteroatoms. The van der Waals surface area contributed by atoms with E-state index in [1.54, 1.807) is 12.1 Å². The van der Waals surface area contributed by atoms with E-state index >= 15 is 0 Å². The Kier molecular flexibility index (Phi) is 3.75. The summed E-state index contributed by atoms with van der Waals surface area (Å²) in [4.78, 5) is 24.4. The van der Waals surface area contributed by atoms with Gasteiger partial charge in [0.15, 0.2) is 0 Å². The van der Waals surface area contributed by atoms with Gasteiger partial charge in [-0.05, 0) is 49.6 Å². The minimum absolute atomic E-state index is 0.0579. The molecule has 0 atom stereocenters. The summed E-state index contributed by atoms with van der Waals surface area (Å²) >= 11 is 1.29. The van der Waals surface area contributed by atoms with Crippen molar-refractivity contribution < 1.29 is 9.59 Å². The maximum Gasteiger partial charge on any atom is 0.265 e. The van der Waals surface area contributed by atoms with E-state index in [0.717, 1.165) is 29.1 Å². The lowest BCUT2D eigenvalue weighted by molar-refractivity contribution is -0.117. The van der Waals surface area contributed by atoms with Crippen LogP contribution in [0.1, 0.15) is 28.1 Å². The minimum atomic E-state index is -0.155. The fourth-order valence-electron chi connectivity index (χ4n) is 2.01. The van der Waals surface area contributed by atoms with Crippen molar-refractivity contribution in [3.05, 3.63) is 46.8 Å². The Bertz CT molecular complexity index is 689. The maximum atomic E-state index is 12.2. The molecule has 108 valence electrons. The van der Waals surface area contributed by atoms with Crippen LogP contribution >= 0.6 is 11.3 Å². The van der Waals surface area contributed by atoms with Gasteiger partial charge in [0.25, 0.3) is 5.91 Å². The van der Waals surface area contributed by atoms with Crippen molar-refractivity contribution in [2.75, 3.05) is 10.6 Å². The number of rotatable bonds is 4. The Morgan fingerprint density at radius 1 is 1.14 bits per heavy atom. The highest BCUT2D eigenvalue weighted by molar-refractivity contribution is 7.18. The van der Waals surface area contributed by atoms with Gasteiger partial charge in [0, 0.05) is 11.6 Å². The molecule has 0 bridgehead atoms. The molecule has 1 aromatic carbocycles. The van der Waals surface area contributed by atoms with Crippen molar-refractivity contribution in [1.29, 1.82) is 0 Å². The zero-order valence-corrected chi connectivity index (χ0v) is 12.5. The highest BCUT2D eigenvalue weighted by atomic mass is 32.1. The van der Waals surface area contributed by atoms with Gasteiger partial charge >= 0.3 is 0 Å². The van der Waals surface area contributed by atoms with Crippen molar-refractivity contribution in [3.63, 3.8) is 0 Å². The summed E-state index contributed by atoms with van der Waals surface area (Å²) in [5.74, 6) is 0.0664. The molecule has 1 heterocycles. The summed E-state index contributed by atoms with van der Waals surface area (Å²) in [7, 11) is 0. The molecule has 1 saturated carbocycles. The van der Waals surface area contributed by atoms with E-state index in [1.807, 2.05) is 31.2 Å². The number of benzene rings is 1. The van der Waals surface area contributed by atoms with Gasteiger partial charge in [-0.25, -0.2) is 0 Å². The largest absolute Gasteiger partial charge is 0.321 e. The average molecular weight is 300 g/mol. The maximum absolute atomic E-state index is 12.2. The van der Waals surface area contributed by atoms with Crippen molar-refractivity contribution in [2.45, 2.75) is 19.8 Å². The molecule has 0 radical (unpaired) electrons. The zero-order chi connectivity index (χ0) is 14.8. The molecule has 0 aliphatic heterocycles. The molecule has 2 amide bonds. The first-order valence-corrected chi connectivity index (χ1v) is 7.72. The fourth-order valence-corrected chi connectivity index (χ4v) is 2.82. The van der Waals surface area contributed by atoms with Crippen LogP contribution in [0.3, 0.4) is 0 Å². The number of hydrogen-bond acceptors (Lipinski definition) is 3. The molecular weight excluding hydrogens is 284 g/mol. The standard InChI is InChI=1S/C16H16N2O2S/c1-10-3-2-4-12(9-10)17-16(20)13-7-8-14(21-13)18-15(19)11-5-6-11/h2-4,7-9,11H,5-6H2,1H3,(H,17,20)(H,18,19). The van der Waals surface area contributed by atoms with Crippen LogP contribution < -0.4 is 10.6 Å². The predicted octanol–water partition coefficient (Wildman–Crippen LogP) is 3.66.